The first-order chi connectivity index (χ1) is 18.7. The van der Waals surface area contributed by atoms with Crippen LogP contribution < -0.4 is 18.9 Å². The summed E-state index contributed by atoms with van der Waals surface area (Å²) >= 11 is 12.8. The molecule has 1 atom stereocenters. The number of benzene rings is 3. The first kappa shape index (κ1) is 28.1. The van der Waals surface area contributed by atoms with Crippen LogP contribution in [0.3, 0.4) is 0 Å². The van der Waals surface area contributed by atoms with E-state index in [9.17, 15) is 14.7 Å². The third-order valence-electron chi connectivity index (χ3n) is 6.33. The van der Waals surface area contributed by atoms with Crippen LogP contribution >= 0.6 is 23.2 Å². The Hall–Kier alpha value is -3.88. The van der Waals surface area contributed by atoms with Crippen LogP contribution in [0.4, 0.5) is 0 Å². The summed E-state index contributed by atoms with van der Waals surface area (Å²) in [5.74, 6) is -0.728. The van der Waals surface area contributed by atoms with Gasteiger partial charge in [0.05, 0.1) is 50.1 Å². The maximum absolute atomic E-state index is 13.5. The van der Waals surface area contributed by atoms with Crippen molar-refractivity contribution in [1.82, 2.24) is 4.90 Å². The highest BCUT2D eigenvalue weighted by molar-refractivity contribution is 6.47. The molecule has 1 amide bonds. The van der Waals surface area contributed by atoms with Gasteiger partial charge in [0, 0.05) is 6.54 Å². The lowest BCUT2D eigenvalue weighted by Crippen LogP contribution is -2.29. The number of halogens is 2. The second-order valence-electron chi connectivity index (χ2n) is 8.57. The fourth-order valence-corrected chi connectivity index (χ4v) is 5.24. The Balaban J connectivity index is 1.93. The maximum atomic E-state index is 13.5. The maximum Gasteiger partial charge on any atom is 0.295 e. The molecule has 0 bridgehead atoms. The molecule has 1 fully saturated rings. The Kier molecular flexibility index (Phi) is 8.57. The number of nitrogens with zero attached hydrogens (tertiary/aromatic N) is 1. The highest BCUT2D eigenvalue weighted by atomic mass is 35.5. The van der Waals surface area contributed by atoms with Gasteiger partial charge in [0.1, 0.15) is 22.3 Å². The van der Waals surface area contributed by atoms with E-state index >= 15 is 0 Å². The molecule has 3 aromatic carbocycles. The number of ether oxygens (including phenoxy) is 4. The molecule has 0 saturated carbocycles. The molecule has 1 aliphatic rings. The average molecular weight is 572 g/mol. The van der Waals surface area contributed by atoms with Crippen LogP contribution in [0.25, 0.3) is 5.76 Å². The van der Waals surface area contributed by atoms with Crippen molar-refractivity contribution in [2.75, 3.05) is 27.9 Å². The zero-order valence-corrected chi connectivity index (χ0v) is 23.3. The zero-order chi connectivity index (χ0) is 28.3. The normalized spacial score (nSPS) is 16.4. The van der Waals surface area contributed by atoms with E-state index in [1.54, 1.807) is 55.6 Å². The number of carbonyl (C=O) groups is 2. The minimum Gasteiger partial charge on any atom is -0.507 e. The zero-order valence-electron chi connectivity index (χ0n) is 21.8. The van der Waals surface area contributed by atoms with Gasteiger partial charge in [-0.3, -0.25) is 9.59 Å². The van der Waals surface area contributed by atoms with Crippen LogP contribution in [0.2, 0.25) is 10.0 Å². The molecule has 4 rings (SSSR count). The molecule has 0 aliphatic carbocycles. The molecule has 0 aromatic heterocycles. The highest BCUT2D eigenvalue weighted by Gasteiger charge is 2.46. The van der Waals surface area contributed by atoms with E-state index in [0.717, 1.165) is 5.56 Å². The topological polar surface area (TPSA) is 94.5 Å². The summed E-state index contributed by atoms with van der Waals surface area (Å²) in [6, 6.07) is 14.6. The van der Waals surface area contributed by atoms with Crippen molar-refractivity contribution < 1.29 is 33.6 Å². The second kappa shape index (κ2) is 11.9. The van der Waals surface area contributed by atoms with Gasteiger partial charge < -0.3 is 29.0 Å². The molecular formula is C29H27Cl2NO7. The molecule has 1 saturated heterocycles. The smallest absolute Gasteiger partial charge is 0.295 e. The van der Waals surface area contributed by atoms with E-state index in [1.165, 1.54) is 25.2 Å². The second-order valence-corrected chi connectivity index (χ2v) is 9.35. The molecule has 39 heavy (non-hydrogen) atoms. The predicted molar refractivity (Wildman–Crippen MR) is 148 cm³/mol. The number of aliphatic hydroxyl groups is 1. The summed E-state index contributed by atoms with van der Waals surface area (Å²) < 4.78 is 21.6. The standard InChI is InChI=1S/C29H27Cl2NO7/c1-5-39-19-8-6-7-17(13-19)24-22(25(33)20-14-21(30)28(38-4)23(31)27(20)37-3)26(34)29(35)32(24)15-16-9-11-18(36-2)12-10-16/h6-14,24,33H,5,15H2,1-4H3/b25-22+. The van der Waals surface area contributed by atoms with Gasteiger partial charge in [-0.1, -0.05) is 47.5 Å². The lowest BCUT2D eigenvalue weighted by molar-refractivity contribution is -0.140. The Morgan fingerprint density at radius 1 is 0.923 bits per heavy atom. The molecule has 0 radical (unpaired) electrons. The number of ketones is 1. The number of carbonyl (C=O) groups excluding carboxylic acids is 2. The van der Waals surface area contributed by atoms with Gasteiger partial charge in [-0.25, -0.2) is 0 Å². The van der Waals surface area contributed by atoms with Crippen molar-refractivity contribution in [2.24, 2.45) is 0 Å². The van der Waals surface area contributed by atoms with Crippen LogP contribution in [0.15, 0.2) is 60.2 Å². The lowest BCUT2D eigenvalue weighted by atomic mass is 9.94. The molecule has 1 heterocycles. The molecule has 8 nitrogen and oxygen atoms in total. The predicted octanol–water partition coefficient (Wildman–Crippen LogP) is 6.04. The third kappa shape index (κ3) is 5.35. The van der Waals surface area contributed by atoms with Gasteiger partial charge in [0.2, 0.25) is 0 Å². The number of rotatable bonds is 9. The number of hydrogen-bond donors (Lipinski definition) is 1. The monoisotopic (exact) mass is 571 g/mol. The summed E-state index contributed by atoms with van der Waals surface area (Å²) in [4.78, 5) is 28.4. The summed E-state index contributed by atoms with van der Waals surface area (Å²) in [6.45, 7) is 2.37. The summed E-state index contributed by atoms with van der Waals surface area (Å²) in [7, 11) is 4.31. The summed E-state index contributed by atoms with van der Waals surface area (Å²) in [6.07, 6.45) is 0. The number of Topliss-reactive ketones (excluding diaryl/α,β-unsaturated/α-hetero) is 1. The van der Waals surface area contributed by atoms with Crippen molar-refractivity contribution >= 4 is 40.7 Å². The third-order valence-corrected chi connectivity index (χ3v) is 6.96. The van der Waals surface area contributed by atoms with E-state index in [-0.39, 0.29) is 39.2 Å². The summed E-state index contributed by atoms with van der Waals surface area (Å²) in [5, 5.41) is 11.7. The molecule has 1 unspecified atom stereocenters. The molecule has 204 valence electrons. The average Bonchev–Trinajstić information content (AvgIpc) is 3.18. The van der Waals surface area contributed by atoms with Gasteiger partial charge in [-0.15, -0.1) is 0 Å². The number of likely N-dealkylation sites (tertiary alicyclic amines) is 1. The molecule has 0 spiro atoms. The number of aliphatic hydroxyl groups excluding tert-OH is 1. The number of amides is 1. The SMILES string of the molecule is CCOc1cccc(C2/C(=C(\O)c3cc(Cl)c(OC)c(Cl)c3OC)C(=O)C(=O)N2Cc2ccc(OC)cc2)c1. The van der Waals surface area contributed by atoms with Crippen LogP contribution in [0, 0.1) is 0 Å². The Bertz CT molecular complexity index is 1440. The van der Waals surface area contributed by atoms with Crippen molar-refractivity contribution in [3.05, 3.63) is 86.9 Å². The van der Waals surface area contributed by atoms with Crippen molar-refractivity contribution in [2.45, 2.75) is 19.5 Å². The Morgan fingerprint density at radius 3 is 2.23 bits per heavy atom. The first-order valence-corrected chi connectivity index (χ1v) is 12.8. The minimum atomic E-state index is -0.947. The van der Waals surface area contributed by atoms with E-state index in [2.05, 4.69) is 0 Å². The molecular weight excluding hydrogens is 545 g/mol. The molecule has 1 aliphatic heterocycles. The largest absolute Gasteiger partial charge is 0.507 e. The highest BCUT2D eigenvalue weighted by Crippen LogP contribution is 2.47. The van der Waals surface area contributed by atoms with Gasteiger partial charge in [0.15, 0.2) is 11.5 Å². The van der Waals surface area contributed by atoms with E-state index in [0.29, 0.717) is 23.7 Å². The fraction of sp³-hybridized carbons (Fsp3) is 0.241. The lowest BCUT2D eigenvalue weighted by Gasteiger charge is -2.26. The summed E-state index contributed by atoms with van der Waals surface area (Å²) in [5.41, 5.74) is 1.23. The van der Waals surface area contributed by atoms with Crippen molar-refractivity contribution in [3.8, 4) is 23.0 Å². The number of methoxy groups -OCH3 is 3. The van der Waals surface area contributed by atoms with E-state index in [4.69, 9.17) is 42.1 Å². The Labute approximate surface area is 236 Å². The quantitative estimate of drug-likeness (QED) is 0.190. The molecule has 3 aromatic rings. The van der Waals surface area contributed by atoms with E-state index in [1.807, 2.05) is 6.92 Å². The van der Waals surface area contributed by atoms with Gasteiger partial charge in [-0.05, 0) is 48.4 Å². The van der Waals surface area contributed by atoms with Gasteiger partial charge >= 0.3 is 0 Å². The van der Waals surface area contributed by atoms with Crippen LogP contribution in [-0.2, 0) is 16.1 Å². The van der Waals surface area contributed by atoms with Gasteiger partial charge in [-0.2, -0.15) is 0 Å². The minimum absolute atomic E-state index is 0.0106. The van der Waals surface area contributed by atoms with Crippen molar-refractivity contribution in [3.63, 3.8) is 0 Å². The molecule has 10 heteroatoms. The van der Waals surface area contributed by atoms with Crippen LogP contribution in [0.1, 0.15) is 29.7 Å². The van der Waals surface area contributed by atoms with Crippen LogP contribution in [0.5, 0.6) is 23.0 Å². The molecule has 1 N–H and O–H groups in total. The van der Waals surface area contributed by atoms with Gasteiger partial charge in [0.25, 0.3) is 11.7 Å². The van der Waals surface area contributed by atoms with Crippen molar-refractivity contribution in [1.29, 1.82) is 0 Å². The van der Waals surface area contributed by atoms with Crippen LogP contribution in [-0.4, -0.2) is 49.6 Å². The first-order valence-electron chi connectivity index (χ1n) is 12.0. The van der Waals surface area contributed by atoms with E-state index < -0.39 is 23.5 Å². The number of hydrogen-bond acceptors (Lipinski definition) is 7. The Morgan fingerprint density at radius 2 is 1.62 bits per heavy atom. The fourth-order valence-electron chi connectivity index (χ4n) is 4.55.